The molecule has 0 saturated carbocycles. The zero-order valence-corrected chi connectivity index (χ0v) is 16.8. The van der Waals surface area contributed by atoms with Gasteiger partial charge >= 0.3 is 0 Å². The number of likely N-dealkylation sites (N-methyl/N-ethyl adjacent to an activating group) is 1. The fourth-order valence-corrected chi connectivity index (χ4v) is 4.01. The summed E-state index contributed by atoms with van der Waals surface area (Å²) in [6, 6.07) is 2.07. The molecule has 0 bridgehead atoms. The minimum absolute atomic E-state index is 0.0660. The van der Waals surface area contributed by atoms with Crippen molar-refractivity contribution >= 4 is 39.8 Å². The van der Waals surface area contributed by atoms with Gasteiger partial charge in [-0.3, -0.25) is 9.59 Å². The number of nitrogens with one attached hydrogen (secondary N) is 1. The number of likely N-dealkylation sites (tertiary alicyclic amines) is 1. The van der Waals surface area contributed by atoms with Crippen LogP contribution in [0.25, 0.3) is 0 Å². The third-order valence-electron chi connectivity index (χ3n) is 4.76. The van der Waals surface area contributed by atoms with Crippen LogP contribution < -0.4 is 16.0 Å². The van der Waals surface area contributed by atoms with Gasteiger partial charge in [-0.1, -0.05) is 6.58 Å². The molecule has 3 rings (SSSR count). The molecule has 1 aliphatic rings. The van der Waals surface area contributed by atoms with Crippen molar-refractivity contribution in [2.24, 2.45) is 5.73 Å². The van der Waals surface area contributed by atoms with E-state index in [0.717, 1.165) is 30.0 Å². The van der Waals surface area contributed by atoms with E-state index in [4.69, 9.17) is 5.73 Å². The Labute approximate surface area is 168 Å². The van der Waals surface area contributed by atoms with Crippen LogP contribution in [-0.2, 0) is 4.79 Å². The summed E-state index contributed by atoms with van der Waals surface area (Å²) in [5.74, 6) is 0.230. The molecule has 1 saturated heterocycles. The standard InChI is InChI=1S/C19H24N6O2S/c1-4-16(26)25-7-5-6-13(10-25)24(3)14-9-21-17(18(20)27)19(22-14)23-15-8-12(2)11-28-15/h4,8-9,11,13H,1,5-7,10H2,2-3H3,(H2,20,27)(H,22,23)/t13-/m1/s1. The van der Waals surface area contributed by atoms with Crippen LogP contribution in [0.15, 0.2) is 30.3 Å². The van der Waals surface area contributed by atoms with E-state index >= 15 is 0 Å². The summed E-state index contributed by atoms with van der Waals surface area (Å²) >= 11 is 1.51. The molecule has 3 N–H and O–H groups in total. The summed E-state index contributed by atoms with van der Waals surface area (Å²) in [6.07, 6.45) is 4.72. The second kappa shape index (κ2) is 8.39. The summed E-state index contributed by atoms with van der Waals surface area (Å²) in [4.78, 5) is 36.3. The Hall–Kier alpha value is -2.94. The Morgan fingerprint density at radius 2 is 2.29 bits per heavy atom. The summed E-state index contributed by atoms with van der Waals surface area (Å²) in [5.41, 5.74) is 6.67. The third-order valence-corrected chi connectivity index (χ3v) is 5.72. The molecule has 1 atom stereocenters. The van der Waals surface area contributed by atoms with Crippen molar-refractivity contribution in [1.82, 2.24) is 14.9 Å². The Balaban J connectivity index is 1.84. The monoisotopic (exact) mass is 400 g/mol. The van der Waals surface area contributed by atoms with Gasteiger partial charge in [-0.25, -0.2) is 9.97 Å². The molecule has 2 aromatic heterocycles. The summed E-state index contributed by atoms with van der Waals surface area (Å²) < 4.78 is 0. The van der Waals surface area contributed by atoms with Crippen LogP contribution >= 0.6 is 11.3 Å². The highest BCUT2D eigenvalue weighted by Crippen LogP contribution is 2.27. The van der Waals surface area contributed by atoms with E-state index in [-0.39, 0.29) is 17.6 Å². The highest BCUT2D eigenvalue weighted by atomic mass is 32.1. The molecule has 1 aliphatic heterocycles. The first-order chi connectivity index (χ1) is 13.4. The van der Waals surface area contributed by atoms with E-state index in [0.29, 0.717) is 18.2 Å². The minimum Gasteiger partial charge on any atom is -0.364 e. The maximum atomic E-state index is 12.0. The average Bonchev–Trinajstić information content (AvgIpc) is 3.11. The fraction of sp³-hybridized carbons (Fsp3) is 0.368. The summed E-state index contributed by atoms with van der Waals surface area (Å²) in [7, 11) is 1.92. The van der Waals surface area contributed by atoms with Crippen molar-refractivity contribution in [1.29, 1.82) is 0 Å². The number of aryl methyl sites for hydroxylation is 1. The van der Waals surface area contributed by atoms with E-state index in [1.54, 1.807) is 11.1 Å². The lowest BCUT2D eigenvalue weighted by atomic mass is 10.0. The number of rotatable bonds is 6. The third kappa shape index (κ3) is 4.30. The molecule has 28 heavy (non-hydrogen) atoms. The van der Waals surface area contributed by atoms with Crippen molar-refractivity contribution in [2.45, 2.75) is 25.8 Å². The zero-order valence-electron chi connectivity index (χ0n) is 16.0. The van der Waals surface area contributed by atoms with Crippen LogP contribution in [0.1, 0.15) is 28.9 Å². The van der Waals surface area contributed by atoms with E-state index in [2.05, 4.69) is 21.9 Å². The Morgan fingerprint density at radius 3 is 2.93 bits per heavy atom. The van der Waals surface area contributed by atoms with Crippen LogP contribution in [0.2, 0.25) is 0 Å². The number of nitrogens with zero attached hydrogens (tertiary/aromatic N) is 4. The number of primary amides is 1. The Morgan fingerprint density at radius 1 is 1.50 bits per heavy atom. The van der Waals surface area contributed by atoms with Crippen LogP contribution in [0, 0.1) is 6.92 Å². The highest BCUT2D eigenvalue weighted by Gasteiger charge is 2.27. The number of thiophene rings is 1. The van der Waals surface area contributed by atoms with Gasteiger partial charge in [0.25, 0.3) is 5.91 Å². The van der Waals surface area contributed by atoms with Crippen LogP contribution in [0.5, 0.6) is 0 Å². The molecule has 2 aromatic rings. The summed E-state index contributed by atoms with van der Waals surface area (Å²) in [6.45, 7) is 6.88. The van der Waals surface area contributed by atoms with Crippen molar-refractivity contribution in [2.75, 3.05) is 30.4 Å². The molecular formula is C19H24N6O2S. The van der Waals surface area contributed by atoms with Crippen molar-refractivity contribution in [3.8, 4) is 0 Å². The predicted molar refractivity (Wildman–Crippen MR) is 111 cm³/mol. The molecule has 8 nitrogen and oxygen atoms in total. The molecule has 0 aromatic carbocycles. The second-order valence-electron chi connectivity index (χ2n) is 6.80. The van der Waals surface area contributed by atoms with Gasteiger partial charge in [0.2, 0.25) is 5.91 Å². The first-order valence-electron chi connectivity index (χ1n) is 9.02. The number of hydrogen-bond donors (Lipinski definition) is 2. The molecule has 9 heteroatoms. The number of amides is 2. The molecular weight excluding hydrogens is 376 g/mol. The first-order valence-corrected chi connectivity index (χ1v) is 9.90. The SMILES string of the molecule is C=CC(=O)N1CCC[C@@H](N(C)c2cnc(C(N)=O)c(Nc3cc(C)cs3)n2)C1. The maximum absolute atomic E-state index is 12.0. The number of piperidine rings is 1. The van der Waals surface area contributed by atoms with Crippen molar-refractivity contribution in [3.63, 3.8) is 0 Å². The number of aromatic nitrogens is 2. The molecule has 0 spiro atoms. The van der Waals surface area contributed by atoms with Crippen molar-refractivity contribution < 1.29 is 9.59 Å². The lowest BCUT2D eigenvalue weighted by Gasteiger charge is -2.37. The normalized spacial score (nSPS) is 16.5. The fourth-order valence-electron chi connectivity index (χ4n) is 3.22. The van der Waals surface area contributed by atoms with Gasteiger partial charge in [0, 0.05) is 26.2 Å². The largest absolute Gasteiger partial charge is 0.364 e. The highest BCUT2D eigenvalue weighted by molar-refractivity contribution is 7.14. The van der Waals surface area contributed by atoms with Gasteiger partial charge in [-0.05, 0) is 42.9 Å². The zero-order chi connectivity index (χ0) is 20.3. The van der Waals surface area contributed by atoms with Gasteiger partial charge in [0.15, 0.2) is 11.5 Å². The number of hydrogen-bond acceptors (Lipinski definition) is 7. The van der Waals surface area contributed by atoms with E-state index in [1.165, 1.54) is 17.4 Å². The van der Waals surface area contributed by atoms with Crippen LogP contribution in [-0.4, -0.2) is 52.9 Å². The quantitative estimate of drug-likeness (QED) is 0.721. The minimum atomic E-state index is -0.641. The van der Waals surface area contributed by atoms with Gasteiger partial charge in [0.05, 0.1) is 11.2 Å². The van der Waals surface area contributed by atoms with Gasteiger partial charge in [-0.15, -0.1) is 11.3 Å². The summed E-state index contributed by atoms with van der Waals surface area (Å²) in [5, 5.41) is 6.01. The number of anilines is 3. The van der Waals surface area contributed by atoms with Crippen LogP contribution in [0.3, 0.4) is 0 Å². The van der Waals surface area contributed by atoms with Gasteiger partial charge < -0.3 is 20.9 Å². The Bertz CT molecular complexity index is 896. The van der Waals surface area contributed by atoms with Gasteiger partial charge in [0.1, 0.15) is 5.82 Å². The maximum Gasteiger partial charge on any atom is 0.271 e. The molecule has 3 heterocycles. The van der Waals surface area contributed by atoms with E-state index in [1.807, 2.05) is 30.3 Å². The topological polar surface area (TPSA) is 104 Å². The Kier molecular flexibility index (Phi) is 5.93. The average molecular weight is 401 g/mol. The molecule has 2 amide bonds. The molecule has 1 fully saturated rings. The number of carbonyl (C=O) groups is 2. The van der Waals surface area contributed by atoms with Crippen LogP contribution in [0.4, 0.5) is 16.6 Å². The van der Waals surface area contributed by atoms with Gasteiger partial charge in [-0.2, -0.15) is 0 Å². The molecule has 0 unspecified atom stereocenters. The lowest BCUT2D eigenvalue weighted by Crippen LogP contribution is -2.48. The van der Waals surface area contributed by atoms with E-state index < -0.39 is 5.91 Å². The predicted octanol–water partition coefficient (Wildman–Crippen LogP) is 2.30. The van der Waals surface area contributed by atoms with E-state index in [9.17, 15) is 9.59 Å². The molecule has 0 radical (unpaired) electrons. The first kappa shape index (κ1) is 19.8. The number of nitrogens with two attached hydrogens (primary N) is 1. The molecule has 0 aliphatic carbocycles. The second-order valence-corrected chi connectivity index (χ2v) is 7.71. The molecule has 148 valence electrons. The van der Waals surface area contributed by atoms with Crippen molar-refractivity contribution in [3.05, 3.63) is 41.6 Å². The number of carbonyl (C=O) groups excluding carboxylic acids is 2. The smallest absolute Gasteiger partial charge is 0.271 e. The lowest BCUT2D eigenvalue weighted by molar-refractivity contribution is -0.127.